The molecule has 7 nitrogen and oxygen atoms in total. The molecule has 28 aromatic carbocycles. The van der Waals surface area contributed by atoms with Gasteiger partial charge in [-0.1, -0.05) is 5.16 Å². The Bertz CT molecular complexity index is 7500. The van der Waals surface area contributed by atoms with Crippen LogP contribution in [0.4, 0.5) is 4.79 Å². The molecule has 5 aliphatic carbocycles. The Morgan fingerprint density at radius 1 is 0.397 bits per heavy atom. The molecule has 1 heterocycles. The number of methoxy groups -OCH3 is 1. The number of nitrogens with zero attached hydrogens (tertiary/aromatic N) is 1. The number of amides is 1. The lowest BCUT2D eigenvalue weighted by molar-refractivity contribution is -0.144. The van der Waals surface area contributed by atoms with E-state index >= 15 is 0 Å². The van der Waals surface area contributed by atoms with Gasteiger partial charge in [0.2, 0.25) is 5.60 Å². The second kappa shape index (κ2) is 7.04. The van der Waals surface area contributed by atoms with Crippen molar-refractivity contribution in [2.75, 3.05) is 7.11 Å². The van der Waals surface area contributed by atoms with Gasteiger partial charge in [0.15, 0.2) is 0 Å². The molecule has 2 spiro atoms. The summed E-state index contributed by atoms with van der Waals surface area (Å²) >= 11 is 0. The van der Waals surface area contributed by atoms with Gasteiger partial charge in [0, 0.05) is 17.0 Å². The fraction of sp³-hybridized carbons (Fsp3) is 0.141. The van der Waals surface area contributed by atoms with E-state index in [0.717, 1.165) is 5.71 Å². The van der Waals surface area contributed by atoms with Crippen LogP contribution >= 0.6 is 0 Å². The summed E-state index contributed by atoms with van der Waals surface area (Å²) in [5, 5.41) is 90.4. The van der Waals surface area contributed by atoms with E-state index in [9.17, 15) is 9.59 Å². The summed E-state index contributed by atoms with van der Waals surface area (Å²) in [7, 11) is 1.46. The molecule has 340 valence electrons. The summed E-state index contributed by atoms with van der Waals surface area (Å²) in [4.78, 5) is 37.4. The van der Waals surface area contributed by atoms with Crippen molar-refractivity contribution >= 4 is 309 Å². The maximum Gasteiger partial charge on any atom is 0.408 e. The Hall–Kier alpha value is -9.33. The van der Waals surface area contributed by atoms with E-state index < -0.39 is 40.1 Å². The highest BCUT2D eigenvalue weighted by Crippen LogP contribution is 2.86. The minimum atomic E-state index is -1.41. The van der Waals surface area contributed by atoms with Gasteiger partial charge in [-0.05, 0) is 329 Å². The van der Waals surface area contributed by atoms with Gasteiger partial charge in [-0.25, -0.2) is 9.59 Å². The summed E-state index contributed by atoms with van der Waals surface area (Å²) in [6.07, 6.45) is -0.284. The van der Waals surface area contributed by atoms with E-state index in [2.05, 4.69) is 5.32 Å². The smallest absolute Gasteiger partial charge is 0.408 e. The molecule has 0 radical (unpaired) electrons. The number of ether oxygens (including phenoxy) is 2. The standard InChI is InChI=1S/C71H16N2O5/c1-68(2,3)77-67(75)72-69(66(74)76-4)5-6(69)65-70-61-53-45-35-25-17-9-7-8-11-15-13(9)21-29-23(15)33-27-19(11)20-12(8)16-14-10(7)18(17)26-32-22(14)30-24(16)34-28(20)38-37(27)49-43(33)51-41(29)47(39(45)31(21)25)55(61)57(51)63-59(49)60-50(38)44(34)52-42(30)48-40(32)46(36(26)35)54(53)62(70)56(48)58(52)64(60)71(63,70)78-73-65/h6H,5H2,1-4H3,(H,72,75)/t6-,69-,70?,71?/m0/s1. The number of carbonyl (C=O) groups is 2. The van der Waals surface area contributed by atoms with Gasteiger partial charge in [0.25, 0.3) is 0 Å². The molecule has 0 saturated heterocycles. The van der Waals surface area contributed by atoms with Gasteiger partial charge < -0.3 is 19.6 Å². The average molecular weight is 977 g/mol. The van der Waals surface area contributed by atoms with Gasteiger partial charge >= 0.3 is 12.1 Å². The molecule has 1 fully saturated rings. The van der Waals surface area contributed by atoms with Crippen LogP contribution in [0.15, 0.2) is 5.16 Å². The van der Waals surface area contributed by atoms with Gasteiger partial charge in [-0.3, -0.25) is 0 Å². The summed E-state index contributed by atoms with van der Waals surface area (Å²) in [6, 6.07) is 0. The van der Waals surface area contributed by atoms with E-state index in [-0.39, 0.29) is 0 Å². The molecular weight excluding hydrogens is 961 g/mol. The third-order valence-corrected chi connectivity index (χ3v) is 26.5. The van der Waals surface area contributed by atoms with Crippen LogP contribution in [0.2, 0.25) is 0 Å². The van der Waals surface area contributed by atoms with Crippen molar-refractivity contribution in [3.05, 3.63) is 22.3 Å². The van der Waals surface area contributed by atoms with Crippen molar-refractivity contribution in [1.29, 1.82) is 0 Å². The quantitative estimate of drug-likeness (QED) is 0.141. The number of rotatable bonds is 3. The summed E-state index contributed by atoms with van der Waals surface area (Å²) in [5.41, 5.74) is 2.06. The van der Waals surface area contributed by atoms with E-state index in [1.807, 2.05) is 20.8 Å². The fourth-order valence-corrected chi connectivity index (χ4v) is 26.0. The number of benzene rings is 18. The van der Waals surface area contributed by atoms with Crippen LogP contribution in [-0.2, 0) is 30.1 Å². The molecule has 0 aromatic heterocycles. The van der Waals surface area contributed by atoms with Gasteiger partial charge in [-0.2, -0.15) is 0 Å². The number of esters is 1. The van der Waals surface area contributed by atoms with Crippen LogP contribution in [0.5, 0.6) is 0 Å². The fourth-order valence-electron chi connectivity index (χ4n) is 26.0. The van der Waals surface area contributed by atoms with Gasteiger partial charge in [-0.15, -0.1) is 0 Å². The normalized spacial score (nSPS) is 24.9. The minimum Gasteiger partial charge on any atom is -0.467 e. The highest BCUT2D eigenvalue weighted by Gasteiger charge is 2.81. The molecule has 0 bridgehead atoms. The number of carbonyl (C=O) groups excluding carboxylic acids is 2. The largest absolute Gasteiger partial charge is 0.467 e. The molecule has 1 amide bonds. The van der Waals surface area contributed by atoms with Crippen molar-refractivity contribution < 1.29 is 23.9 Å². The summed E-state index contributed by atoms with van der Waals surface area (Å²) < 4.78 is 11.9. The Morgan fingerprint density at radius 2 is 0.628 bits per heavy atom. The van der Waals surface area contributed by atoms with Gasteiger partial charge in [0.1, 0.15) is 16.6 Å². The predicted octanol–water partition coefficient (Wildman–Crippen LogP) is 17.1. The van der Waals surface area contributed by atoms with Crippen molar-refractivity contribution in [3.63, 3.8) is 0 Å². The zero-order valence-corrected chi connectivity index (χ0v) is 40.8. The number of alkyl carbamates (subject to hydrolysis) is 1. The number of oxime groups is 1. The molecule has 2 atom stereocenters. The van der Waals surface area contributed by atoms with Crippen LogP contribution in [0.25, 0.3) is 291 Å². The lowest BCUT2D eigenvalue weighted by Gasteiger charge is -2.48. The van der Waals surface area contributed by atoms with Crippen LogP contribution in [0.1, 0.15) is 49.4 Å². The van der Waals surface area contributed by atoms with Crippen molar-refractivity contribution in [2.24, 2.45) is 11.1 Å². The number of hydrogen-bond acceptors (Lipinski definition) is 6. The van der Waals surface area contributed by atoms with Crippen LogP contribution < -0.4 is 5.32 Å². The highest BCUT2D eigenvalue weighted by molar-refractivity contribution is 6.82. The molecule has 7 heteroatoms. The molecule has 1 N–H and O–H groups in total. The lowest BCUT2D eigenvalue weighted by atomic mass is 9.52. The summed E-state index contributed by atoms with van der Waals surface area (Å²) in [6.45, 7) is 5.62. The maximum absolute atomic E-state index is 14.9. The first-order chi connectivity index (χ1) is 38.3. The third kappa shape index (κ3) is 1.74. The van der Waals surface area contributed by atoms with E-state index in [0.29, 0.717) is 6.42 Å². The van der Waals surface area contributed by atoms with Crippen molar-refractivity contribution in [2.45, 2.75) is 49.3 Å². The molecule has 34 rings (SSSR count). The number of hydrogen-bond donors (Lipinski definition) is 1. The minimum absolute atomic E-state index is 0.338. The molecule has 78 heavy (non-hydrogen) atoms. The summed E-state index contributed by atoms with van der Waals surface area (Å²) in [5.74, 6) is -0.993. The topological polar surface area (TPSA) is 86.2 Å². The Morgan fingerprint density at radius 3 is 0.859 bits per heavy atom. The van der Waals surface area contributed by atoms with Crippen LogP contribution in [-0.4, -0.2) is 36.0 Å². The van der Waals surface area contributed by atoms with E-state index in [1.165, 1.54) is 223 Å². The Labute approximate surface area is 425 Å². The second-order valence-electron chi connectivity index (χ2n) is 28.6. The van der Waals surface area contributed by atoms with Gasteiger partial charge in [0.05, 0.1) is 12.8 Å². The first-order valence-electron chi connectivity index (χ1n) is 28.4. The van der Waals surface area contributed by atoms with Crippen LogP contribution in [0.3, 0.4) is 0 Å². The molecule has 6 aliphatic rings. The molecule has 1 saturated carbocycles. The first kappa shape index (κ1) is 31.0. The molecular formula is C71H16N2O5. The van der Waals surface area contributed by atoms with E-state index in [4.69, 9.17) is 19.5 Å². The second-order valence-corrected chi connectivity index (χ2v) is 28.6. The third-order valence-electron chi connectivity index (χ3n) is 26.5. The van der Waals surface area contributed by atoms with Crippen molar-refractivity contribution in [1.82, 2.24) is 5.32 Å². The zero-order chi connectivity index (χ0) is 48.0. The maximum atomic E-state index is 14.9. The first-order valence-corrected chi connectivity index (χ1v) is 28.4. The van der Waals surface area contributed by atoms with Crippen molar-refractivity contribution in [3.8, 4) is 0 Å². The van der Waals surface area contributed by atoms with E-state index in [1.54, 1.807) is 97.0 Å². The highest BCUT2D eigenvalue weighted by atomic mass is 16.7. The number of nitrogens with one attached hydrogen (secondary N) is 1. The SMILES string of the molecule is COC(=O)[C@]1(NC(=O)OC(C)(C)C)C[C@H]1C1=NOC23c4c5c6c7c8c9c(c%10c%11c2c2c4c4c%12c5c5c6c6c8c8c%13c9c9c%10c%10c%11c%11c2c2c4c4c%12c%12c5c5c6c8c6c8c%13c9c9c%10c%10c%11c2c2c4c4c%12c5c6c5c8c9c%10c2c45)C173. The molecule has 0 unspecified atom stereocenters. The Kier molecular flexibility index (Phi) is 2.80. The molecule has 28 aromatic rings. The lowest BCUT2D eigenvalue weighted by Crippen LogP contribution is -2.56. The Balaban J connectivity index is 1.01. The molecule has 1 aliphatic heterocycles. The monoisotopic (exact) mass is 976 g/mol. The predicted molar refractivity (Wildman–Crippen MR) is 315 cm³/mol. The zero-order valence-electron chi connectivity index (χ0n) is 40.8. The van der Waals surface area contributed by atoms with Crippen LogP contribution in [0, 0.1) is 5.92 Å². The average Bonchev–Trinajstić information content (AvgIpc) is 1.88.